The molecule has 6 rings (SSSR count). The Morgan fingerprint density at radius 1 is 0.897 bits per heavy atom. The first-order chi connectivity index (χ1) is 14.1. The highest BCUT2D eigenvalue weighted by molar-refractivity contribution is 6.24. The highest BCUT2D eigenvalue weighted by Crippen LogP contribution is 2.59. The van der Waals surface area contributed by atoms with Gasteiger partial charge in [-0.05, 0) is 18.2 Å². The number of amides is 3. The van der Waals surface area contributed by atoms with Gasteiger partial charge in [-0.2, -0.15) is 0 Å². The van der Waals surface area contributed by atoms with Crippen molar-refractivity contribution >= 4 is 29.2 Å². The van der Waals surface area contributed by atoms with E-state index in [4.69, 9.17) is 4.74 Å². The normalized spacial score (nSPS) is 32.3. The third kappa shape index (κ3) is 1.81. The van der Waals surface area contributed by atoms with Crippen molar-refractivity contribution in [3.63, 3.8) is 0 Å². The monoisotopic (exact) mass is 388 g/mol. The van der Waals surface area contributed by atoms with E-state index < -0.39 is 35.5 Å². The van der Waals surface area contributed by atoms with Gasteiger partial charge in [-0.3, -0.25) is 19.2 Å². The molecule has 3 saturated heterocycles. The number of imide groups is 1. The van der Waals surface area contributed by atoms with Crippen molar-refractivity contribution in [3.05, 3.63) is 65.7 Å². The average Bonchev–Trinajstić information content (AvgIpc) is 3.26. The summed E-state index contributed by atoms with van der Waals surface area (Å²) in [6.07, 6.45) is -0.934. The van der Waals surface area contributed by atoms with Gasteiger partial charge in [0, 0.05) is 24.1 Å². The van der Waals surface area contributed by atoms with Gasteiger partial charge in [-0.25, -0.2) is 4.90 Å². The number of anilines is 1. The zero-order chi connectivity index (χ0) is 19.9. The van der Waals surface area contributed by atoms with Crippen LogP contribution >= 0.6 is 0 Å². The summed E-state index contributed by atoms with van der Waals surface area (Å²) in [5.41, 5.74) is 0.0698. The lowest BCUT2D eigenvalue weighted by Gasteiger charge is -2.37. The Balaban J connectivity index is 1.59. The first-order valence-electron chi connectivity index (χ1n) is 9.60. The minimum Gasteiger partial charge on any atom is -0.338 e. The van der Waals surface area contributed by atoms with Crippen LogP contribution in [0.2, 0.25) is 0 Å². The van der Waals surface area contributed by atoms with E-state index in [2.05, 4.69) is 0 Å². The van der Waals surface area contributed by atoms with E-state index >= 15 is 0 Å². The summed E-state index contributed by atoms with van der Waals surface area (Å²) in [6, 6.07) is 15.7. The summed E-state index contributed by atoms with van der Waals surface area (Å²) in [7, 11) is 0. The number of carbonyl (C=O) groups is 4. The fourth-order valence-electron chi connectivity index (χ4n) is 5.36. The van der Waals surface area contributed by atoms with Crippen LogP contribution in [0.4, 0.5) is 5.69 Å². The Kier molecular flexibility index (Phi) is 3.09. The molecule has 2 unspecified atom stereocenters. The number of benzene rings is 2. The van der Waals surface area contributed by atoms with E-state index in [1.807, 2.05) is 0 Å². The van der Waals surface area contributed by atoms with E-state index in [1.165, 1.54) is 4.90 Å². The number of Topliss-reactive ketones (excluding diaryl/α,β-unsaturated/α-hetero) is 1. The number of hydrogen-bond acceptors (Lipinski definition) is 5. The molecular weight excluding hydrogens is 372 g/mol. The molecule has 0 radical (unpaired) electrons. The minimum atomic E-state index is -1.41. The second-order valence-electron chi connectivity index (χ2n) is 7.80. The predicted octanol–water partition coefficient (Wildman–Crippen LogP) is 1.47. The van der Waals surface area contributed by atoms with Gasteiger partial charge >= 0.3 is 0 Å². The molecule has 4 atom stereocenters. The van der Waals surface area contributed by atoms with Crippen LogP contribution in [0.15, 0.2) is 54.6 Å². The van der Waals surface area contributed by atoms with E-state index in [0.717, 1.165) is 4.90 Å². The first kappa shape index (κ1) is 16.6. The van der Waals surface area contributed by atoms with Gasteiger partial charge in [0.05, 0.1) is 11.6 Å². The molecule has 4 aliphatic heterocycles. The van der Waals surface area contributed by atoms with E-state index in [9.17, 15) is 19.2 Å². The minimum absolute atomic E-state index is 0.0994. The largest absolute Gasteiger partial charge is 0.338 e. The molecule has 3 fully saturated rings. The van der Waals surface area contributed by atoms with Crippen molar-refractivity contribution in [1.82, 2.24) is 4.90 Å². The molecule has 29 heavy (non-hydrogen) atoms. The quantitative estimate of drug-likeness (QED) is 0.691. The Labute approximate surface area is 165 Å². The molecule has 2 aromatic carbocycles. The number of fused-ring (bicyclic) bond motifs is 4. The topological polar surface area (TPSA) is 84.0 Å². The molecule has 2 aromatic rings. The maximum Gasteiger partial charge on any atom is 0.256 e. The van der Waals surface area contributed by atoms with Crippen LogP contribution in [0, 0.1) is 11.8 Å². The molecule has 0 aliphatic carbocycles. The van der Waals surface area contributed by atoms with Gasteiger partial charge in [0.15, 0.2) is 11.5 Å². The maximum absolute atomic E-state index is 13.6. The highest BCUT2D eigenvalue weighted by atomic mass is 16.5. The zero-order valence-electron chi connectivity index (χ0n) is 15.3. The fourth-order valence-corrected chi connectivity index (χ4v) is 5.36. The zero-order valence-corrected chi connectivity index (χ0v) is 15.3. The molecule has 4 heterocycles. The van der Waals surface area contributed by atoms with Crippen LogP contribution in [0.3, 0.4) is 0 Å². The number of ketones is 1. The molecule has 2 bridgehead atoms. The summed E-state index contributed by atoms with van der Waals surface area (Å²) < 4.78 is 6.22. The maximum atomic E-state index is 13.6. The Morgan fingerprint density at radius 2 is 1.62 bits per heavy atom. The molecule has 4 aliphatic rings. The predicted molar refractivity (Wildman–Crippen MR) is 99.6 cm³/mol. The lowest BCUT2D eigenvalue weighted by atomic mass is 9.80. The van der Waals surface area contributed by atoms with Crippen molar-refractivity contribution in [1.29, 1.82) is 0 Å². The van der Waals surface area contributed by atoms with Gasteiger partial charge in [0.25, 0.3) is 5.91 Å². The number of para-hydroxylation sites is 1. The summed E-state index contributed by atoms with van der Waals surface area (Å²) in [4.78, 5) is 55.5. The highest BCUT2D eigenvalue weighted by Gasteiger charge is 2.74. The van der Waals surface area contributed by atoms with Crippen molar-refractivity contribution in [3.8, 4) is 0 Å². The molecule has 1 spiro atoms. The Bertz CT molecular complexity index is 1110. The molecule has 144 valence electrons. The van der Waals surface area contributed by atoms with E-state index in [1.54, 1.807) is 54.6 Å². The summed E-state index contributed by atoms with van der Waals surface area (Å²) in [5.74, 6) is -3.27. The third-order valence-corrected chi connectivity index (χ3v) is 6.51. The van der Waals surface area contributed by atoms with Crippen LogP contribution in [0.25, 0.3) is 0 Å². The molecule has 7 nitrogen and oxygen atoms in total. The molecule has 3 amide bonds. The smallest absolute Gasteiger partial charge is 0.256 e. The fraction of sp³-hybridized carbons (Fsp3) is 0.273. The van der Waals surface area contributed by atoms with Gasteiger partial charge in [-0.1, -0.05) is 36.4 Å². The lowest BCUT2D eigenvalue weighted by Crippen LogP contribution is -2.51. The van der Waals surface area contributed by atoms with E-state index in [0.29, 0.717) is 16.8 Å². The SMILES string of the molecule is O=C1CCN2C(=O)c3ccccc3[C@]23O[C@H]1C1C(=O)N(c2ccccc2)C(=O)C13. The van der Waals surface area contributed by atoms with Crippen molar-refractivity contribution < 1.29 is 23.9 Å². The Hall–Kier alpha value is -3.32. The van der Waals surface area contributed by atoms with Crippen molar-refractivity contribution in [2.75, 3.05) is 11.4 Å². The van der Waals surface area contributed by atoms with Gasteiger partial charge in [0.2, 0.25) is 11.8 Å². The van der Waals surface area contributed by atoms with Gasteiger partial charge < -0.3 is 9.64 Å². The number of rotatable bonds is 1. The second kappa shape index (κ2) is 5.39. The van der Waals surface area contributed by atoms with Crippen molar-refractivity contribution in [2.45, 2.75) is 18.2 Å². The van der Waals surface area contributed by atoms with Gasteiger partial charge in [0.1, 0.15) is 12.0 Å². The van der Waals surface area contributed by atoms with Crippen LogP contribution in [-0.4, -0.2) is 41.1 Å². The molecule has 7 heteroatoms. The number of nitrogens with zero attached hydrogens (tertiary/aromatic N) is 2. The van der Waals surface area contributed by atoms with Crippen LogP contribution in [0.5, 0.6) is 0 Å². The third-order valence-electron chi connectivity index (χ3n) is 6.51. The summed E-state index contributed by atoms with van der Waals surface area (Å²) in [5, 5.41) is 0. The standard InChI is InChI=1S/C22H16N2O5/c25-15-10-11-23-19(26)13-8-4-5-9-14(13)22(23)17-16(18(15)29-22)20(27)24(21(17)28)12-6-2-1-3-7-12/h1-9,16-18H,10-11H2/t16?,17?,18-,22-/m1/s1. The molecular formula is C22H16N2O5. The Morgan fingerprint density at radius 3 is 2.41 bits per heavy atom. The summed E-state index contributed by atoms with van der Waals surface area (Å²) >= 11 is 0. The van der Waals surface area contributed by atoms with Gasteiger partial charge in [-0.15, -0.1) is 0 Å². The number of carbonyl (C=O) groups excluding carboxylic acids is 4. The summed E-state index contributed by atoms with van der Waals surface area (Å²) in [6.45, 7) is 0.166. The first-order valence-corrected chi connectivity index (χ1v) is 9.60. The molecule has 0 aromatic heterocycles. The van der Waals surface area contributed by atoms with Crippen LogP contribution < -0.4 is 4.90 Å². The molecule has 0 saturated carbocycles. The lowest BCUT2D eigenvalue weighted by molar-refractivity contribution is -0.158. The second-order valence-corrected chi connectivity index (χ2v) is 7.80. The molecule has 0 N–H and O–H groups in total. The van der Waals surface area contributed by atoms with E-state index in [-0.39, 0.29) is 24.7 Å². The average molecular weight is 388 g/mol. The van der Waals surface area contributed by atoms with Crippen molar-refractivity contribution in [2.24, 2.45) is 11.8 Å². The van der Waals surface area contributed by atoms with Crippen LogP contribution in [0.1, 0.15) is 22.3 Å². The number of ether oxygens (including phenoxy) is 1. The number of hydrogen-bond donors (Lipinski definition) is 0. The van der Waals surface area contributed by atoms with Crippen LogP contribution in [-0.2, 0) is 24.8 Å².